The molecule has 0 saturated heterocycles. The van der Waals surface area contributed by atoms with Crippen molar-refractivity contribution in [2.45, 2.75) is 65.3 Å². The first-order valence-corrected chi connectivity index (χ1v) is 9.96. The van der Waals surface area contributed by atoms with Gasteiger partial charge in [-0.1, -0.05) is 94.1 Å². The number of hydrogen-bond acceptors (Lipinski definition) is 2. The Hall–Kier alpha value is -2.11. The van der Waals surface area contributed by atoms with Crippen LogP contribution < -0.4 is 5.73 Å². The maximum atomic E-state index is 8.37. The van der Waals surface area contributed by atoms with E-state index in [0.717, 1.165) is 12.3 Å². The molecule has 26 heavy (non-hydrogen) atoms. The second-order valence-electron chi connectivity index (χ2n) is 6.84. The van der Waals surface area contributed by atoms with Crippen molar-refractivity contribution in [3.05, 3.63) is 60.2 Å². The number of nitrogens with two attached hydrogens (primary N) is 1. The zero-order valence-electron chi connectivity index (χ0n) is 16.5. The predicted molar refractivity (Wildman–Crippen MR) is 113 cm³/mol. The number of rotatable bonds is 3. The summed E-state index contributed by atoms with van der Waals surface area (Å²) >= 11 is 0. The van der Waals surface area contributed by atoms with E-state index >= 15 is 0 Å². The molecule has 1 aliphatic rings. The molecule has 0 radical (unpaired) electrons. The molecule has 2 nitrogen and oxygen atoms in total. The fourth-order valence-corrected chi connectivity index (χ4v) is 2.98. The lowest BCUT2D eigenvalue weighted by molar-refractivity contribution is 0.364. The molecule has 0 heterocycles. The van der Waals surface area contributed by atoms with Crippen molar-refractivity contribution < 1.29 is 0 Å². The third-order valence-corrected chi connectivity index (χ3v) is 4.40. The van der Waals surface area contributed by atoms with Gasteiger partial charge >= 0.3 is 0 Å². The second kappa shape index (κ2) is 14.1. The maximum Gasteiger partial charge on any atom is 0.0624 e. The first-order chi connectivity index (χ1) is 12.7. The zero-order chi connectivity index (χ0) is 19.0. The third-order valence-electron chi connectivity index (χ3n) is 4.40. The van der Waals surface area contributed by atoms with Crippen molar-refractivity contribution in [3.8, 4) is 17.2 Å². The largest absolute Gasteiger partial charge is 0.326 e. The van der Waals surface area contributed by atoms with Gasteiger partial charge in [-0.05, 0) is 35.4 Å². The van der Waals surface area contributed by atoms with E-state index in [9.17, 15) is 0 Å². The van der Waals surface area contributed by atoms with E-state index in [-0.39, 0.29) is 0 Å². The Kier molecular flexibility index (Phi) is 11.9. The molecule has 0 aliphatic heterocycles. The standard InChI is InChI=1S/C13H13N.C8H13N.C3H8/c14-10-11-6-8-13(9-7-11)12-4-2-1-3-5-12;9-7-6-8-4-2-1-3-5-8;1-3-2/h1-9H,10,14H2;8H,1-6H2;3H2,1-2H3. The molecule has 3 rings (SSSR count). The average molecular weight is 351 g/mol. The third kappa shape index (κ3) is 8.83. The van der Waals surface area contributed by atoms with Crippen LogP contribution in [0.3, 0.4) is 0 Å². The van der Waals surface area contributed by atoms with Gasteiger partial charge in [0.15, 0.2) is 0 Å². The van der Waals surface area contributed by atoms with Crippen molar-refractivity contribution >= 4 is 0 Å². The van der Waals surface area contributed by atoms with Gasteiger partial charge in [-0.25, -0.2) is 0 Å². The fourth-order valence-electron chi connectivity index (χ4n) is 2.98. The molecule has 0 aromatic heterocycles. The minimum atomic E-state index is 0.606. The quantitative estimate of drug-likeness (QED) is 0.668. The van der Waals surface area contributed by atoms with E-state index in [1.165, 1.54) is 55.2 Å². The topological polar surface area (TPSA) is 49.8 Å². The molecule has 2 N–H and O–H groups in total. The molecular formula is C24H34N2. The number of benzene rings is 2. The zero-order valence-corrected chi connectivity index (χ0v) is 16.5. The van der Waals surface area contributed by atoms with E-state index in [0.29, 0.717) is 6.54 Å². The maximum absolute atomic E-state index is 8.37. The SMILES string of the molecule is CCC.N#CCC1CCCCC1.NCc1ccc(-c2ccccc2)cc1. The van der Waals surface area contributed by atoms with Crippen molar-refractivity contribution in [1.82, 2.24) is 0 Å². The molecule has 1 saturated carbocycles. The monoisotopic (exact) mass is 350 g/mol. The van der Waals surface area contributed by atoms with Crippen LogP contribution in [0, 0.1) is 17.2 Å². The number of nitriles is 1. The average Bonchev–Trinajstić information content (AvgIpc) is 2.71. The predicted octanol–water partition coefficient (Wildman–Crippen LogP) is 6.71. The highest BCUT2D eigenvalue weighted by molar-refractivity contribution is 5.63. The van der Waals surface area contributed by atoms with Gasteiger partial charge in [0.2, 0.25) is 0 Å². The molecule has 0 amide bonds. The Morgan fingerprint density at radius 2 is 1.42 bits per heavy atom. The van der Waals surface area contributed by atoms with Crippen molar-refractivity contribution in [3.63, 3.8) is 0 Å². The Morgan fingerprint density at radius 1 is 0.885 bits per heavy atom. The minimum Gasteiger partial charge on any atom is -0.326 e. The molecule has 0 atom stereocenters. The lowest BCUT2D eigenvalue weighted by atomic mass is 9.87. The highest BCUT2D eigenvalue weighted by Crippen LogP contribution is 2.25. The Balaban J connectivity index is 0.000000243. The van der Waals surface area contributed by atoms with Crippen LogP contribution in [0.15, 0.2) is 54.6 Å². The Morgan fingerprint density at radius 3 is 1.92 bits per heavy atom. The lowest BCUT2D eigenvalue weighted by Gasteiger charge is -2.17. The number of nitrogens with zero attached hydrogens (tertiary/aromatic N) is 1. The first kappa shape index (κ1) is 21.9. The van der Waals surface area contributed by atoms with Crippen molar-refractivity contribution in [2.24, 2.45) is 11.7 Å². The summed E-state index contributed by atoms with van der Waals surface area (Å²) in [6.45, 7) is 4.86. The summed E-state index contributed by atoms with van der Waals surface area (Å²) in [6.07, 6.45) is 8.74. The normalized spacial score (nSPS) is 13.5. The van der Waals surface area contributed by atoms with Crippen LogP contribution >= 0.6 is 0 Å². The van der Waals surface area contributed by atoms with Crippen molar-refractivity contribution in [1.29, 1.82) is 5.26 Å². The van der Waals surface area contributed by atoms with Crippen LogP contribution in [0.4, 0.5) is 0 Å². The molecule has 0 spiro atoms. The molecule has 0 unspecified atom stereocenters. The molecule has 140 valence electrons. The van der Waals surface area contributed by atoms with Gasteiger partial charge in [-0.2, -0.15) is 5.26 Å². The molecule has 1 fully saturated rings. The van der Waals surface area contributed by atoms with Crippen molar-refractivity contribution in [2.75, 3.05) is 0 Å². The summed E-state index contributed by atoms with van der Waals surface area (Å²) in [5.41, 5.74) is 9.19. The van der Waals surface area contributed by atoms with E-state index in [1.54, 1.807) is 0 Å². The number of hydrogen-bond donors (Lipinski definition) is 1. The van der Waals surface area contributed by atoms with E-state index in [1.807, 2.05) is 18.2 Å². The first-order valence-electron chi connectivity index (χ1n) is 9.96. The summed E-state index contributed by atoms with van der Waals surface area (Å²) in [4.78, 5) is 0. The highest BCUT2D eigenvalue weighted by Gasteiger charge is 2.11. The fraction of sp³-hybridized carbons (Fsp3) is 0.458. The lowest BCUT2D eigenvalue weighted by Crippen LogP contribution is -2.04. The van der Waals surface area contributed by atoms with E-state index in [2.05, 4.69) is 56.3 Å². The summed E-state index contributed by atoms with van der Waals surface area (Å²) in [5, 5.41) is 8.37. The summed E-state index contributed by atoms with van der Waals surface area (Å²) in [7, 11) is 0. The van der Waals surface area contributed by atoms with Gasteiger partial charge in [-0.3, -0.25) is 0 Å². The van der Waals surface area contributed by atoms with Gasteiger partial charge in [-0.15, -0.1) is 0 Å². The molecule has 2 aromatic carbocycles. The summed E-state index contributed by atoms with van der Waals surface area (Å²) < 4.78 is 0. The van der Waals surface area contributed by atoms with Crippen LogP contribution in [-0.4, -0.2) is 0 Å². The summed E-state index contributed by atoms with van der Waals surface area (Å²) in [6, 6.07) is 20.9. The smallest absolute Gasteiger partial charge is 0.0624 e. The molecular weight excluding hydrogens is 316 g/mol. The van der Waals surface area contributed by atoms with E-state index in [4.69, 9.17) is 11.0 Å². The molecule has 2 aromatic rings. The van der Waals surface area contributed by atoms with E-state index < -0.39 is 0 Å². The van der Waals surface area contributed by atoms with Crippen LogP contribution in [0.5, 0.6) is 0 Å². The highest BCUT2D eigenvalue weighted by atomic mass is 14.5. The molecule has 1 aliphatic carbocycles. The van der Waals surface area contributed by atoms with Gasteiger partial charge in [0.1, 0.15) is 0 Å². The van der Waals surface area contributed by atoms with Gasteiger partial charge in [0.05, 0.1) is 6.07 Å². The second-order valence-corrected chi connectivity index (χ2v) is 6.84. The summed E-state index contributed by atoms with van der Waals surface area (Å²) in [5.74, 6) is 0.740. The Labute approximate surface area is 160 Å². The molecule has 0 bridgehead atoms. The molecule has 2 heteroatoms. The Bertz CT molecular complexity index is 605. The van der Waals surface area contributed by atoms with Crippen LogP contribution in [-0.2, 0) is 6.54 Å². The van der Waals surface area contributed by atoms with Crippen LogP contribution in [0.25, 0.3) is 11.1 Å². The van der Waals surface area contributed by atoms with Gasteiger partial charge in [0.25, 0.3) is 0 Å². The minimum absolute atomic E-state index is 0.606. The van der Waals surface area contributed by atoms with Crippen LogP contribution in [0.1, 0.15) is 64.4 Å². The van der Waals surface area contributed by atoms with Crippen LogP contribution in [0.2, 0.25) is 0 Å². The van der Waals surface area contributed by atoms with Gasteiger partial charge in [0, 0.05) is 13.0 Å². The van der Waals surface area contributed by atoms with Gasteiger partial charge < -0.3 is 5.73 Å².